The lowest BCUT2D eigenvalue weighted by Gasteiger charge is -2.03. The molecule has 0 atom stereocenters. The van der Waals surface area contributed by atoms with E-state index in [2.05, 4.69) is 15.7 Å². The first-order chi connectivity index (χ1) is 10.5. The van der Waals surface area contributed by atoms with Crippen LogP contribution in [0, 0.1) is 0 Å². The molecule has 1 aromatic rings. The van der Waals surface area contributed by atoms with Crippen LogP contribution in [0.5, 0.6) is 0 Å². The Kier molecular flexibility index (Phi) is 5.57. The van der Waals surface area contributed by atoms with E-state index in [0.29, 0.717) is 21.6 Å². The Morgan fingerprint density at radius 2 is 2.09 bits per heavy atom. The normalized spacial score (nSPS) is 16.0. The highest BCUT2D eigenvalue weighted by atomic mass is 35.5. The van der Waals surface area contributed by atoms with Gasteiger partial charge in [0.05, 0.1) is 11.6 Å². The fourth-order valence-electron chi connectivity index (χ4n) is 1.77. The summed E-state index contributed by atoms with van der Waals surface area (Å²) >= 11 is 7.13. The maximum atomic E-state index is 12.1. The highest BCUT2D eigenvalue weighted by Gasteiger charge is 2.31. The molecule has 0 radical (unpaired) electrons. The molecule has 1 saturated heterocycles. The molecule has 2 rings (SSSR count). The lowest BCUT2D eigenvalue weighted by Crippen LogP contribution is -2.31. The van der Waals surface area contributed by atoms with E-state index in [1.807, 2.05) is 13.8 Å². The number of rotatable bonds is 4. The number of hydrogen-bond acceptors (Lipinski definition) is 4. The van der Waals surface area contributed by atoms with E-state index in [0.717, 1.165) is 5.71 Å². The third-order valence-corrected chi connectivity index (χ3v) is 3.82. The largest absolute Gasteiger partial charge is 0.337 e. The summed E-state index contributed by atoms with van der Waals surface area (Å²) in [4.78, 5) is 23.9. The van der Waals surface area contributed by atoms with E-state index < -0.39 is 0 Å². The molecule has 1 aliphatic rings. The Labute approximate surface area is 137 Å². The summed E-state index contributed by atoms with van der Waals surface area (Å²) in [5.74, 6) is 0.0105. The van der Waals surface area contributed by atoms with Gasteiger partial charge in [0.25, 0.3) is 12.5 Å². The first kappa shape index (κ1) is 16.5. The Bertz CT molecular complexity index is 651. The lowest BCUT2D eigenvalue weighted by atomic mass is 10.3. The van der Waals surface area contributed by atoms with Gasteiger partial charge in [0.15, 0.2) is 0 Å². The summed E-state index contributed by atoms with van der Waals surface area (Å²) in [5.41, 5.74) is 1.40. The predicted octanol–water partition coefficient (Wildman–Crippen LogP) is 1.91. The van der Waals surface area contributed by atoms with Gasteiger partial charge in [0, 0.05) is 10.7 Å². The van der Waals surface area contributed by atoms with E-state index >= 15 is 0 Å². The molecule has 1 aromatic carbocycles. The fraction of sp³-hybridized carbons (Fsp3) is 0.286. The van der Waals surface area contributed by atoms with Crippen molar-refractivity contribution in [2.75, 3.05) is 17.7 Å². The zero-order valence-corrected chi connectivity index (χ0v) is 13.8. The zero-order chi connectivity index (χ0) is 16.1. The standard InChI is InChI=1S/C14H15ClN4O2S/c1-9(2)18-19(14-13(21)16-8-22-14)7-12(20)17-11-5-3-10(15)4-6-11/h3-6H,7-8H2,1-2H3,(H-,16,17,20,21)/p+1. The summed E-state index contributed by atoms with van der Waals surface area (Å²) in [6.07, 6.45) is 0. The van der Waals surface area contributed by atoms with Crippen molar-refractivity contribution in [1.29, 1.82) is 0 Å². The van der Waals surface area contributed by atoms with Crippen molar-refractivity contribution in [3.05, 3.63) is 29.3 Å². The number of nitrogens with one attached hydrogen (secondary N) is 2. The van der Waals surface area contributed by atoms with Gasteiger partial charge in [-0.2, -0.15) is 0 Å². The second-order valence-corrected chi connectivity index (χ2v) is 6.16. The molecule has 8 heteroatoms. The average Bonchev–Trinajstić information content (AvgIpc) is 2.86. The molecule has 1 fully saturated rings. The first-order valence-corrected chi connectivity index (χ1v) is 7.95. The summed E-state index contributed by atoms with van der Waals surface area (Å²) in [5, 5.41) is 10.7. The van der Waals surface area contributed by atoms with Gasteiger partial charge in [0.1, 0.15) is 0 Å². The van der Waals surface area contributed by atoms with E-state index in [4.69, 9.17) is 11.6 Å². The molecule has 0 spiro atoms. The highest BCUT2D eigenvalue weighted by Crippen LogP contribution is 2.14. The number of halogens is 1. The van der Waals surface area contributed by atoms with Crippen molar-refractivity contribution in [3.8, 4) is 0 Å². The number of anilines is 1. The quantitative estimate of drug-likeness (QED) is 0.500. The highest BCUT2D eigenvalue weighted by molar-refractivity contribution is 8.16. The summed E-state index contributed by atoms with van der Waals surface area (Å²) in [6.45, 7) is 3.58. The third kappa shape index (κ3) is 4.57. The van der Waals surface area contributed by atoms with Gasteiger partial charge in [0.2, 0.25) is 0 Å². The van der Waals surface area contributed by atoms with Crippen molar-refractivity contribution in [2.45, 2.75) is 13.8 Å². The van der Waals surface area contributed by atoms with E-state index in [9.17, 15) is 9.59 Å². The van der Waals surface area contributed by atoms with Crippen LogP contribution in [0.25, 0.3) is 0 Å². The molecular formula is C14H16ClN4O2S+. The number of carbonyl (C=O) groups excluding carboxylic acids is 2. The number of benzene rings is 1. The summed E-state index contributed by atoms with van der Waals surface area (Å²) < 4.78 is 1.42. The predicted molar refractivity (Wildman–Crippen MR) is 89.6 cm³/mol. The third-order valence-electron chi connectivity index (χ3n) is 2.61. The molecular weight excluding hydrogens is 324 g/mol. The number of amides is 2. The molecule has 116 valence electrons. The van der Waals surface area contributed by atoms with Gasteiger partial charge in [-0.15, -0.1) is 0 Å². The van der Waals surface area contributed by atoms with Crippen LogP contribution in [0.4, 0.5) is 5.69 Å². The first-order valence-electron chi connectivity index (χ1n) is 6.58. The SMILES string of the molecule is CC(C)=N[N+](CC(=O)Nc1ccc(Cl)cc1)=C1SCNC1=O. The van der Waals surface area contributed by atoms with Crippen LogP contribution < -0.4 is 10.6 Å². The molecule has 6 nitrogen and oxygen atoms in total. The minimum atomic E-state index is -0.264. The number of hydrazone groups is 1. The topological polar surface area (TPSA) is 73.6 Å². The Morgan fingerprint density at radius 1 is 1.41 bits per heavy atom. The molecule has 1 aliphatic heterocycles. The van der Waals surface area contributed by atoms with Crippen molar-refractivity contribution >= 4 is 51.6 Å². The number of hydrogen-bond donors (Lipinski definition) is 2. The molecule has 0 unspecified atom stereocenters. The smallest absolute Gasteiger partial charge is 0.332 e. The van der Waals surface area contributed by atoms with Crippen molar-refractivity contribution in [1.82, 2.24) is 5.32 Å². The summed E-state index contributed by atoms with van der Waals surface area (Å²) in [7, 11) is 0. The molecule has 22 heavy (non-hydrogen) atoms. The zero-order valence-electron chi connectivity index (χ0n) is 12.2. The maximum absolute atomic E-state index is 12.1. The average molecular weight is 340 g/mol. The Morgan fingerprint density at radius 3 is 2.64 bits per heavy atom. The van der Waals surface area contributed by atoms with Crippen molar-refractivity contribution in [3.63, 3.8) is 0 Å². The summed E-state index contributed by atoms with van der Waals surface area (Å²) in [6, 6.07) is 6.81. The maximum Gasteiger partial charge on any atom is 0.332 e. The molecule has 0 saturated carbocycles. The minimum absolute atomic E-state index is 0.0381. The van der Waals surface area contributed by atoms with Crippen LogP contribution in [0.15, 0.2) is 29.4 Å². The van der Waals surface area contributed by atoms with Gasteiger partial charge >= 0.3 is 11.0 Å². The van der Waals surface area contributed by atoms with Gasteiger partial charge < -0.3 is 10.6 Å². The number of carbonyl (C=O) groups is 2. The van der Waals surface area contributed by atoms with E-state index in [1.54, 1.807) is 24.3 Å². The molecule has 0 aliphatic carbocycles. The van der Waals surface area contributed by atoms with Crippen LogP contribution in [0.1, 0.15) is 13.8 Å². The second kappa shape index (κ2) is 7.42. The number of thioether (sulfide) groups is 1. The molecule has 0 aromatic heterocycles. The van der Waals surface area contributed by atoms with Crippen molar-refractivity contribution < 1.29 is 14.3 Å². The molecule has 1 heterocycles. The van der Waals surface area contributed by atoms with Gasteiger partial charge in [-0.1, -0.05) is 16.3 Å². The van der Waals surface area contributed by atoms with Crippen LogP contribution in [0.2, 0.25) is 5.02 Å². The fourth-order valence-corrected chi connectivity index (χ4v) is 2.69. The lowest BCUT2D eigenvalue weighted by molar-refractivity contribution is -0.517. The Balaban J connectivity index is 2.14. The molecule has 0 bridgehead atoms. The Hall–Kier alpha value is -1.86. The van der Waals surface area contributed by atoms with Crippen LogP contribution >= 0.6 is 23.4 Å². The molecule has 2 N–H and O–H groups in total. The van der Waals surface area contributed by atoms with Crippen LogP contribution in [-0.2, 0) is 9.59 Å². The van der Waals surface area contributed by atoms with E-state index in [-0.39, 0.29) is 18.4 Å². The number of nitrogens with zero attached hydrogens (tertiary/aromatic N) is 2. The van der Waals surface area contributed by atoms with E-state index in [1.165, 1.54) is 16.4 Å². The van der Waals surface area contributed by atoms with Crippen LogP contribution in [0.3, 0.4) is 0 Å². The van der Waals surface area contributed by atoms with Gasteiger partial charge in [-0.3, -0.25) is 9.59 Å². The van der Waals surface area contributed by atoms with Crippen molar-refractivity contribution in [2.24, 2.45) is 5.10 Å². The van der Waals surface area contributed by atoms with Crippen LogP contribution in [-0.4, -0.2) is 39.7 Å². The minimum Gasteiger partial charge on any atom is -0.337 e. The molecule has 2 amide bonds. The second-order valence-electron chi connectivity index (χ2n) is 4.76. The van der Waals surface area contributed by atoms with Gasteiger partial charge in [-0.05, 0) is 55.0 Å². The monoisotopic (exact) mass is 339 g/mol. The van der Waals surface area contributed by atoms with Gasteiger partial charge in [-0.25, -0.2) is 0 Å².